The minimum absolute atomic E-state index is 0.0775. The van der Waals surface area contributed by atoms with Gasteiger partial charge in [-0.15, -0.1) is 0 Å². The second-order valence-electron chi connectivity index (χ2n) is 5.08. The Kier molecular flexibility index (Phi) is 3.64. The molecule has 0 amide bonds. The zero-order valence-electron chi connectivity index (χ0n) is 11.4. The van der Waals surface area contributed by atoms with E-state index in [0.29, 0.717) is 0 Å². The zero-order valence-corrected chi connectivity index (χ0v) is 11.4. The number of aliphatic hydroxyl groups excluding tert-OH is 1. The third-order valence-corrected chi connectivity index (χ3v) is 4.31. The molecule has 0 aliphatic carbocycles. The average molecular weight is 268 g/mol. The van der Waals surface area contributed by atoms with Gasteiger partial charge >= 0.3 is 5.69 Å². The van der Waals surface area contributed by atoms with E-state index >= 15 is 0 Å². The van der Waals surface area contributed by atoms with Gasteiger partial charge in [0, 0.05) is 18.2 Å². The summed E-state index contributed by atoms with van der Waals surface area (Å²) in [5.41, 5.74) is -1.45. The largest absolute Gasteiger partial charge is 0.388 e. The van der Waals surface area contributed by atoms with Crippen LogP contribution < -0.4 is 11.2 Å². The van der Waals surface area contributed by atoms with E-state index in [1.165, 1.54) is 16.8 Å². The second-order valence-corrected chi connectivity index (χ2v) is 5.08. The lowest BCUT2D eigenvalue weighted by Crippen LogP contribution is -2.35. The summed E-state index contributed by atoms with van der Waals surface area (Å²) < 4.78 is 7.22. The quantitative estimate of drug-likeness (QED) is 0.841. The fraction of sp³-hybridized carbons (Fsp3) is 0.692. The van der Waals surface area contributed by atoms with Crippen LogP contribution in [0.15, 0.2) is 21.9 Å². The molecule has 6 heteroatoms. The highest BCUT2D eigenvalue weighted by Crippen LogP contribution is 2.44. The van der Waals surface area contributed by atoms with Crippen molar-refractivity contribution in [2.45, 2.75) is 51.5 Å². The Morgan fingerprint density at radius 2 is 2.05 bits per heavy atom. The molecule has 1 aromatic rings. The van der Waals surface area contributed by atoms with E-state index in [-0.39, 0.29) is 5.92 Å². The van der Waals surface area contributed by atoms with Crippen molar-refractivity contribution in [3.05, 3.63) is 33.1 Å². The van der Waals surface area contributed by atoms with Crippen molar-refractivity contribution < 1.29 is 9.84 Å². The van der Waals surface area contributed by atoms with Gasteiger partial charge in [0.1, 0.15) is 6.10 Å². The smallest absolute Gasteiger partial charge is 0.330 e. The summed E-state index contributed by atoms with van der Waals surface area (Å²) in [5.74, 6) is -0.0775. The van der Waals surface area contributed by atoms with Gasteiger partial charge in [0.15, 0.2) is 6.23 Å². The summed E-state index contributed by atoms with van der Waals surface area (Å²) in [6, 6.07) is 1.25. The van der Waals surface area contributed by atoms with Crippen LogP contribution in [-0.4, -0.2) is 26.4 Å². The van der Waals surface area contributed by atoms with Crippen LogP contribution in [0.1, 0.15) is 39.8 Å². The van der Waals surface area contributed by atoms with Crippen molar-refractivity contribution in [1.82, 2.24) is 9.55 Å². The van der Waals surface area contributed by atoms with Crippen LogP contribution >= 0.6 is 0 Å². The standard InChI is InChI=1S/C13H20N2O4/c1-4-13(5-2)8(3)10(17)11(19-13)15-7-6-9(16)14-12(15)18/h6-8,10-11,17H,4-5H2,1-3H3,(H,14,16,18)/t8?,10-,11+/m0/s1. The zero-order chi connectivity index (χ0) is 14.2. The number of hydrogen-bond acceptors (Lipinski definition) is 4. The Bertz CT molecular complexity index is 558. The Labute approximate surface area is 111 Å². The fourth-order valence-electron chi connectivity index (χ4n) is 2.89. The minimum Gasteiger partial charge on any atom is -0.388 e. The summed E-state index contributed by atoms with van der Waals surface area (Å²) in [4.78, 5) is 25.0. The van der Waals surface area contributed by atoms with Gasteiger partial charge in [0.05, 0.1) is 5.60 Å². The van der Waals surface area contributed by atoms with Gasteiger partial charge in [0.2, 0.25) is 0 Å². The van der Waals surface area contributed by atoms with Gasteiger partial charge in [-0.1, -0.05) is 20.8 Å². The highest BCUT2D eigenvalue weighted by Gasteiger charge is 2.50. The lowest BCUT2D eigenvalue weighted by molar-refractivity contribution is -0.0980. The molecular formula is C13H20N2O4. The molecule has 2 N–H and O–H groups in total. The van der Waals surface area contributed by atoms with Crippen molar-refractivity contribution in [3.63, 3.8) is 0 Å². The number of aromatic nitrogens is 2. The van der Waals surface area contributed by atoms with Crippen LogP contribution in [0.5, 0.6) is 0 Å². The first-order valence-corrected chi connectivity index (χ1v) is 6.62. The molecule has 1 aromatic heterocycles. The number of rotatable bonds is 3. The van der Waals surface area contributed by atoms with Gasteiger partial charge in [-0.3, -0.25) is 14.3 Å². The molecule has 1 unspecified atom stereocenters. The number of aromatic amines is 1. The maximum Gasteiger partial charge on any atom is 0.330 e. The van der Waals surface area contributed by atoms with E-state index in [4.69, 9.17) is 4.74 Å². The molecule has 106 valence electrons. The molecule has 1 saturated heterocycles. The molecule has 2 heterocycles. The first-order valence-electron chi connectivity index (χ1n) is 6.62. The molecule has 1 fully saturated rings. The van der Waals surface area contributed by atoms with Crippen LogP contribution in [0, 0.1) is 5.92 Å². The fourth-order valence-corrected chi connectivity index (χ4v) is 2.89. The van der Waals surface area contributed by atoms with Crippen molar-refractivity contribution in [3.8, 4) is 0 Å². The van der Waals surface area contributed by atoms with Gasteiger partial charge < -0.3 is 9.84 Å². The highest BCUT2D eigenvalue weighted by molar-refractivity contribution is 4.98. The monoisotopic (exact) mass is 268 g/mol. The second kappa shape index (κ2) is 4.94. The predicted molar refractivity (Wildman–Crippen MR) is 69.9 cm³/mol. The van der Waals surface area contributed by atoms with E-state index in [0.717, 1.165) is 12.8 Å². The number of nitrogens with zero attached hydrogens (tertiary/aromatic N) is 1. The van der Waals surface area contributed by atoms with E-state index in [1.807, 2.05) is 20.8 Å². The van der Waals surface area contributed by atoms with E-state index in [2.05, 4.69) is 4.98 Å². The SMILES string of the molecule is CCC1(CC)O[C@@H](n2ccc(=O)[nH]c2=O)[C@@H](O)C1C. The Hall–Kier alpha value is -1.40. The Balaban J connectivity index is 2.42. The van der Waals surface area contributed by atoms with Crippen LogP contribution in [0.2, 0.25) is 0 Å². The molecule has 1 aliphatic rings. The van der Waals surface area contributed by atoms with Gasteiger partial charge in [-0.05, 0) is 12.8 Å². The Morgan fingerprint density at radius 1 is 1.42 bits per heavy atom. The summed E-state index contributed by atoms with van der Waals surface area (Å²) in [6.45, 7) is 5.93. The molecule has 0 bridgehead atoms. The van der Waals surface area contributed by atoms with Crippen molar-refractivity contribution in [2.75, 3.05) is 0 Å². The molecule has 0 radical (unpaired) electrons. The lowest BCUT2D eigenvalue weighted by atomic mass is 9.83. The van der Waals surface area contributed by atoms with Gasteiger partial charge in [-0.25, -0.2) is 4.79 Å². The number of hydrogen-bond donors (Lipinski definition) is 2. The molecule has 19 heavy (non-hydrogen) atoms. The third-order valence-electron chi connectivity index (χ3n) is 4.31. The van der Waals surface area contributed by atoms with Gasteiger partial charge in [0.25, 0.3) is 5.56 Å². The molecule has 0 aromatic carbocycles. The van der Waals surface area contributed by atoms with E-state index < -0.39 is 29.2 Å². The predicted octanol–water partition coefficient (Wildman–Crippen LogP) is 0.621. The number of aliphatic hydroxyl groups is 1. The molecule has 1 aliphatic heterocycles. The number of ether oxygens (including phenoxy) is 1. The Morgan fingerprint density at radius 3 is 2.53 bits per heavy atom. The third kappa shape index (κ3) is 2.15. The topological polar surface area (TPSA) is 84.3 Å². The summed E-state index contributed by atoms with van der Waals surface area (Å²) in [5, 5.41) is 10.3. The maximum absolute atomic E-state index is 11.8. The first kappa shape index (κ1) is 14.0. The van der Waals surface area contributed by atoms with Crippen LogP contribution in [0.3, 0.4) is 0 Å². The van der Waals surface area contributed by atoms with Crippen LogP contribution in [0.4, 0.5) is 0 Å². The van der Waals surface area contributed by atoms with Crippen molar-refractivity contribution in [2.24, 2.45) is 5.92 Å². The summed E-state index contributed by atoms with van der Waals surface area (Å²) in [7, 11) is 0. The maximum atomic E-state index is 11.8. The van der Waals surface area contributed by atoms with Crippen LogP contribution in [-0.2, 0) is 4.74 Å². The van der Waals surface area contributed by atoms with Crippen molar-refractivity contribution >= 4 is 0 Å². The van der Waals surface area contributed by atoms with Crippen molar-refractivity contribution in [1.29, 1.82) is 0 Å². The molecule has 6 nitrogen and oxygen atoms in total. The summed E-state index contributed by atoms with van der Waals surface area (Å²) in [6.07, 6.45) is 1.36. The number of H-pyrrole nitrogens is 1. The molecule has 2 rings (SSSR count). The molecule has 0 spiro atoms. The summed E-state index contributed by atoms with van der Waals surface area (Å²) >= 11 is 0. The number of nitrogens with one attached hydrogen (secondary N) is 1. The van der Waals surface area contributed by atoms with Crippen LogP contribution in [0.25, 0.3) is 0 Å². The highest BCUT2D eigenvalue weighted by atomic mass is 16.5. The van der Waals surface area contributed by atoms with Gasteiger partial charge in [-0.2, -0.15) is 0 Å². The average Bonchev–Trinajstić information content (AvgIpc) is 2.64. The first-order chi connectivity index (χ1) is 8.95. The molecular weight excluding hydrogens is 248 g/mol. The van der Waals surface area contributed by atoms with E-state index in [9.17, 15) is 14.7 Å². The molecule has 0 saturated carbocycles. The minimum atomic E-state index is -0.775. The lowest BCUT2D eigenvalue weighted by Gasteiger charge is -2.30. The van der Waals surface area contributed by atoms with E-state index in [1.54, 1.807) is 0 Å². The normalized spacial score (nSPS) is 29.6. The molecule has 3 atom stereocenters.